The van der Waals surface area contributed by atoms with Gasteiger partial charge in [0.1, 0.15) is 6.61 Å². The van der Waals surface area contributed by atoms with Gasteiger partial charge in [0.05, 0.1) is 12.2 Å². The summed E-state index contributed by atoms with van der Waals surface area (Å²) in [7, 11) is 0. The van der Waals surface area contributed by atoms with Crippen LogP contribution in [-0.4, -0.2) is 23.5 Å². The SMILES string of the molecule is C=C(O)CCC(=O)OCC(=O)[C@H]1CC[C@@H]2[C@]1(C)CCC1[C@@]3(C)CC[C@H](C)CC3CC[C@]12C. The highest BCUT2D eigenvalue weighted by atomic mass is 16.5. The van der Waals surface area contributed by atoms with Gasteiger partial charge in [0, 0.05) is 12.3 Å². The number of aliphatic hydroxyl groups is 1. The fourth-order valence-corrected chi connectivity index (χ4v) is 9.25. The van der Waals surface area contributed by atoms with E-state index in [2.05, 4.69) is 34.3 Å². The molecule has 0 bridgehead atoms. The Labute approximate surface area is 194 Å². The van der Waals surface area contributed by atoms with Crippen LogP contribution in [-0.2, 0) is 14.3 Å². The Morgan fingerprint density at radius 2 is 1.56 bits per heavy atom. The number of hydrogen-bond donors (Lipinski definition) is 1. The molecule has 0 aromatic heterocycles. The molecular weight excluding hydrogens is 400 g/mol. The van der Waals surface area contributed by atoms with E-state index in [1.807, 2.05) is 0 Å². The molecule has 4 saturated carbocycles. The van der Waals surface area contributed by atoms with E-state index in [4.69, 9.17) is 9.84 Å². The largest absolute Gasteiger partial charge is 0.513 e. The number of hydrogen-bond acceptors (Lipinski definition) is 4. The van der Waals surface area contributed by atoms with Crippen LogP contribution in [0.3, 0.4) is 0 Å². The van der Waals surface area contributed by atoms with E-state index in [-0.39, 0.29) is 42.3 Å². The van der Waals surface area contributed by atoms with Crippen molar-refractivity contribution in [2.24, 2.45) is 45.8 Å². The molecule has 4 rings (SSSR count). The van der Waals surface area contributed by atoms with Gasteiger partial charge in [-0.1, -0.05) is 40.7 Å². The lowest BCUT2D eigenvalue weighted by molar-refractivity contribution is -0.172. The summed E-state index contributed by atoms with van der Waals surface area (Å²) in [4.78, 5) is 25.1. The zero-order valence-corrected chi connectivity index (χ0v) is 20.8. The summed E-state index contributed by atoms with van der Waals surface area (Å²) in [5, 5.41) is 9.17. The Hall–Kier alpha value is -1.32. The molecule has 4 aliphatic rings. The van der Waals surface area contributed by atoms with Crippen molar-refractivity contribution >= 4 is 11.8 Å². The maximum atomic E-state index is 13.2. The molecule has 0 aromatic carbocycles. The lowest BCUT2D eigenvalue weighted by Crippen LogP contribution is -2.58. The minimum absolute atomic E-state index is 0.00258. The zero-order valence-electron chi connectivity index (χ0n) is 20.8. The molecule has 0 saturated heterocycles. The van der Waals surface area contributed by atoms with Crippen LogP contribution in [0.5, 0.6) is 0 Å². The second-order valence-corrected chi connectivity index (χ2v) is 12.6. The van der Waals surface area contributed by atoms with Crippen LogP contribution in [0.15, 0.2) is 12.3 Å². The molecule has 0 spiro atoms. The molecule has 0 amide bonds. The van der Waals surface area contributed by atoms with Crippen molar-refractivity contribution in [2.45, 2.75) is 98.3 Å². The van der Waals surface area contributed by atoms with Gasteiger partial charge in [-0.2, -0.15) is 0 Å². The summed E-state index contributed by atoms with van der Waals surface area (Å²) in [6.45, 7) is 13.2. The van der Waals surface area contributed by atoms with Crippen molar-refractivity contribution in [2.75, 3.05) is 6.61 Å². The Balaban J connectivity index is 1.46. The molecule has 0 aromatic rings. The van der Waals surface area contributed by atoms with Crippen molar-refractivity contribution in [3.8, 4) is 0 Å². The van der Waals surface area contributed by atoms with Crippen molar-refractivity contribution in [3.63, 3.8) is 0 Å². The second-order valence-electron chi connectivity index (χ2n) is 12.6. The lowest BCUT2D eigenvalue weighted by atomic mass is 9.39. The van der Waals surface area contributed by atoms with E-state index in [0.717, 1.165) is 37.0 Å². The van der Waals surface area contributed by atoms with Crippen LogP contribution in [0.4, 0.5) is 0 Å². The maximum Gasteiger partial charge on any atom is 0.306 e. The molecule has 1 N–H and O–H groups in total. The molecule has 32 heavy (non-hydrogen) atoms. The number of rotatable bonds is 6. The van der Waals surface area contributed by atoms with E-state index < -0.39 is 5.97 Å². The van der Waals surface area contributed by atoms with Crippen LogP contribution in [0.1, 0.15) is 98.3 Å². The van der Waals surface area contributed by atoms with Gasteiger partial charge in [-0.15, -0.1) is 0 Å². The summed E-state index contributed by atoms with van der Waals surface area (Å²) in [5.74, 6) is 2.76. The number of fused-ring (bicyclic) bond motifs is 5. The second kappa shape index (κ2) is 8.47. The highest BCUT2D eigenvalue weighted by Gasteiger charge is 2.65. The first kappa shape index (κ1) is 23.8. The summed E-state index contributed by atoms with van der Waals surface area (Å²) in [5.41, 5.74) is 0.820. The smallest absolute Gasteiger partial charge is 0.306 e. The third-order valence-corrected chi connectivity index (χ3v) is 10.9. The topological polar surface area (TPSA) is 63.6 Å². The van der Waals surface area contributed by atoms with Crippen LogP contribution in [0, 0.1) is 45.8 Å². The van der Waals surface area contributed by atoms with Crippen LogP contribution in [0.2, 0.25) is 0 Å². The summed E-state index contributed by atoms with van der Waals surface area (Å²) in [6, 6.07) is 0. The molecule has 0 heterocycles. The number of allylic oxidation sites excluding steroid dienone is 1. The average molecular weight is 445 g/mol. The van der Waals surface area contributed by atoms with E-state index >= 15 is 0 Å². The van der Waals surface area contributed by atoms with Gasteiger partial charge in [0.25, 0.3) is 0 Å². The fraction of sp³-hybridized carbons (Fsp3) is 0.857. The molecule has 4 aliphatic carbocycles. The van der Waals surface area contributed by atoms with Gasteiger partial charge < -0.3 is 9.84 Å². The maximum absolute atomic E-state index is 13.2. The monoisotopic (exact) mass is 444 g/mol. The number of carbonyl (C=O) groups is 2. The van der Waals surface area contributed by atoms with Gasteiger partial charge >= 0.3 is 5.97 Å². The van der Waals surface area contributed by atoms with Crippen molar-refractivity contribution in [1.29, 1.82) is 0 Å². The molecule has 180 valence electrons. The average Bonchev–Trinajstić information content (AvgIpc) is 3.09. The van der Waals surface area contributed by atoms with Crippen LogP contribution < -0.4 is 0 Å². The van der Waals surface area contributed by atoms with Crippen molar-refractivity contribution in [1.82, 2.24) is 0 Å². The molecular formula is C28H44O4. The minimum Gasteiger partial charge on any atom is -0.513 e. The van der Waals surface area contributed by atoms with E-state index in [0.29, 0.717) is 16.7 Å². The van der Waals surface area contributed by atoms with E-state index in [9.17, 15) is 9.59 Å². The van der Waals surface area contributed by atoms with Gasteiger partial charge in [0.15, 0.2) is 5.78 Å². The number of ether oxygens (including phenoxy) is 1. The predicted octanol–water partition coefficient (Wildman–Crippen LogP) is 6.64. The molecule has 8 atom stereocenters. The molecule has 4 fully saturated rings. The number of Topliss-reactive ketones (excluding diaryl/α,β-unsaturated/α-hetero) is 1. The summed E-state index contributed by atoms with van der Waals surface area (Å²) >= 11 is 0. The zero-order chi connectivity index (χ0) is 23.3. The first-order valence-corrected chi connectivity index (χ1v) is 13.1. The molecule has 4 heteroatoms. The number of aliphatic hydroxyl groups excluding tert-OH is 1. The summed E-state index contributed by atoms with van der Waals surface area (Å²) in [6.07, 6.45) is 11.5. The fourth-order valence-electron chi connectivity index (χ4n) is 9.25. The first-order valence-electron chi connectivity index (χ1n) is 13.1. The molecule has 4 nitrogen and oxygen atoms in total. The van der Waals surface area contributed by atoms with Crippen LogP contribution in [0.25, 0.3) is 0 Å². The van der Waals surface area contributed by atoms with E-state index in [1.165, 1.54) is 38.5 Å². The molecule has 0 radical (unpaired) electrons. The minimum atomic E-state index is -0.429. The Morgan fingerprint density at radius 1 is 0.906 bits per heavy atom. The van der Waals surface area contributed by atoms with Gasteiger partial charge in [-0.25, -0.2) is 0 Å². The lowest BCUT2D eigenvalue weighted by Gasteiger charge is -2.66. The highest BCUT2D eigenvalue weighted by Crippen LogP contribution is 2.72. The van der Waals surface area contributed by atoms with Crippen LogP contribution >= 0.6 is 0 Å². The highest BCUT2D eigenvalue weighted by molar-refractivity contribution is 5.85. The molecule has 0 aliphatic heterocycles. The van der Waals surface area contributed by atoms with Crippen molar-refractivity contribution in [3.05, 3.63) is 12.3 Å². The normalized spacial score (nSPS) is 45.3. The Bertz CT molecular complexity index is 773. The van der Waals surface area contributed by atoms with E-state index in [1.54, 1.807) is 0 Å². The van der Waals surface area contributed by atoms with Gasteiger partial charge in [0.2, 0.25) is 0 Å². The van der Waals surface area contributed by atoms with Gasteiger partial charge in [-0.05, 0) is 91.3 Å². The Morgan fingerprint density at radius 3 is 2.28 bits per heavy atom. The third-order valence-electron chi connectivity index (χ3n) is 10.9. The number of carbonyl (C=O) groups excluding carboxylic acids is 2. The number of esters is 1. The summed E-state index contributed by atoms with van der Waals surface area (Å²) < 4.78 is 5.28. The standard InChI is InChI=1S/C28H44O4/c1-18-10-13-26(3)20(16-18)11-14-28(5)23-8-7-21(27(23,4)15-12-24(26)28)22(30)17-32-25(31)9-6-19(2)29/h18,20-21,23-24,29H,2,6-17H2,1,3-5H3/t18-,20?,21+,23+,24?,26-,27+,28-/m0/s1. The predicted molar refractivity (Wildman–Crippen MR) is 126 cm³/mol. The quantitative estimate of drug-likeness (QED) is 0.369. The van der Waals surface area contributed by atoms with Gasteiger partial charge in [-0.3, -0.25) is 9.59 Å². The van der Waals surface area contributed by atoms with Crippen molar-refractivity contribution < 1.29 is 19.4 Å². The number of ketones is 1. The first-order chi connectivity index (χ1) is 15.0. The Kier molecular flexibility index (Phi) is 6.31. The molecule has 2 unspecified atom stereocenters. The third kappa shape index (κ3) is 3.84.